The molecule has 1 atom stereocenters. The number of hydrogen-bond acceptors (Lipinski definition) is 7. The zero-order chi connectivity index (χ0) is 26.7. The predicted octanol–water partition coefficient (Wildman–Crippen LogP) is 1.58. The molecule has 34 heavy (non-hydrogen) atoms. The van der Waals surface area contributed by atoms with Crippen molar-refractivity contribution in [3.8, 4) is 0 Å². The van der Waals surface area contributed by atoms with Crippen LogP contribution in [0.25, 0.3) is 16.6 Å². The molecule has 0 radical (unpaired) electrons. The molecule has 1 aliphatic rings. The number of hydrogen-bond donors (Lipinski definition) is 2. The average molecular weight is 472 g/mol. The molecule has 4 aromatic heterocycles. The molecule has 1 fully saturated rings. The maximum absolute atomic E-state index is 13.7. The van der Waals surface area contributed by atoms with E-state index in [1.807, 2.05) is 0 Å². The number of aromatic nitrogens is 6. The Hall–Kier alpha value is -3.80. The summed E-state index contributed by atoms with van der Waals surface area (Å²) in [5.74, 6) is 0.207. The molecule has 0 bridgehead atoms. The first-order valence-electron chi connectivity index (χ1n) is 12.1. The van der Waals surface area contributed by atoms with Gasteiger partial charge in [-0.05, 0) is 19.1 Å². The normalized spacial score (nSPS) is 22.7. The molecule has 0 aliphatic heterocycles. The van der Waals surface area contributed by atoms with Crippen LogP contribution >= 0.6 is 0 Å². The molecule has 4 aromatic rings. The molecule has 0 spiro atoms. The number of aryl methyl sites for hydroxylation is 1. The van der Waals surface area contributed by atoms with Crippen LogP contribution in [-0.2, 0) is 21.9 Å². The van der Waals surface area contributed by atoms with Crippen molar-refractivity contribution < 1.29 is 18.0 Å². The molecule has 4 heterocycles. The first kappa shape index (κ1) is 18.6. The zero-order valence-electron chi connectivity index (χ0n) is 21.5. The fourth-order valence-electron chi connectivity index (χ4n) is 4.52. The zero-order valence-corrected chi connectivity index (χ0v) is 18.5. The third-order valence-corrected chi connectivity index (χ3v) is 6.29. The average Bonchev–Trinajstić information content (AvgIpc) is 3.34. The molecule has 3 N–H and O–H groups in total. The van der Waals surface area contributed by atoms with E-state index in [9.17, 15) is 14.0 Å². The SMILES string of the molecule is [2H]C([2H])([2H])n1c(=O)n(C(C)COC)c2cc(Nc3ccc4cnc(C5(C(N)=O)CC(F)C5)n4n3)ncc21. The van der Waals surface area contributed by atoms with E-state index in [0.29, 0.717) is 22.7 Å². The Kier molecular flexibility index (Phi) is 4.33. The van der Waals surface area contributed by atoms with Gasteiger partial charge in [0, 0.05) is 37.1 Å². The Morgan fingerprint density at radius 2 is 2.15 bits per heavy atom. The van der Waals surface area contributed by atoms with E-state index in [4.69, 9.17) is 14.6 Å². The van der Waals surface area contributed by atoms with Crippen molar-refractivity contribution >= 4 is 34.1 Å². The van der Waals surface area contributed by atoms with E-state index < -0.39 is 36.2 Å². The topological polar surface area (TPSA) is 134 Å². The van der Waals surface area contributed by atoms with Gasteiger partial charge in [0.1, 0.15) is 23.2 Å². The summed E-state index contributed by atoms with van der Waals surface area (Å²) in [6, 6.07) is 4.48. The second-order valence-electron chi connectivity index (χ2n) is 8.56. The maximum Gasteiger partial charge on any atom is 0.329 e. The van der Waals surface area contributed by atoms with Gasteiger partial charge in [-0.1, -0.05) is 0 Å². The molecule has 1 unspecified atom stereocenters. The fourth-order valence-corrected chi connectivity index (χ4v) is 4.52. The molecular weight excluding hydrogens is 443 g/mol. The summed E-state index contributed by atoms with van der Waals surface area (Å²) in [6.07, 6.45) is 1.57. The van der Waals surface area contributed by atoms with E-state index in [0.717, 1.165) is 4.57 Å². The number of ether oxygens (including phenoxy) is 1. The van der Waals surface area contributed by atoms with Crippen molar-refractivity contribution in [2.75, 3.05) is 19.0 Å². The van der Waals surface area contributed by atoms with Crippen LogP contribution in [0.15, 0.2) is 35.4 Å². The second-order valence-corrected chi connectivity index (χ2v) is 8.56. The Balaban J connectivity index is 1.57. The first-order valence-corrected chi connectivity index (χ1v) is 10.6. The second kappa shape index (κ2) is 7.90. The highest BCUT2D eigenvalue weighted by Gasteiger charge is 2.54. The van der Waals surface area contributed by atoms with E-state index in [1.54, 1.807) is 25.1 Å². The van der Waals surface area contributed by atoms with Crippen molar-refractivity contribution in [1.29, 1.82) is 0 Å². The van der Waals surface area contributed by atoms with Gasteiger partial charge in [-0.15, -0.1) is 5.10 Å². The van der Waals surface area contributed by atoms with Crippen molar-refractivity contribution in [2.45, 2.75) is 37.4 Å². The molecular formula is C22H25FN8O3. The maximum atomic E-state index is 13.7. The monoisotopic (exact) mass is 471 g/mol. The Morgan fingerprint density at radius 3 is 2.82 bits per heavy atom. The summed E-state index contributed by atoms with van der Waals surface area (Å²) in [7, 11) is 1.49. The Bertz CT molecular complexity index is 1570. The van der Waals surface area contributed by atoms with Crippen LogP contribution in [0.4, 0.5) is 16.0 Å². The lowest BCUT2D eigenvalue weighted by molar-refractivity contribution is -0.129. The minimum atomic E-state index is -2.70. The van der Waals surface area contributed by atoms with Gasteiger partial charge in [-0.2, -0.15) is 0 Å². The van der Waals surface area contributed by atoms with Crippen LogP contribution in [0.1, 0.15) is 35.7 Å². The van der Waals surface area contributed by atoms with Crippen LogP contribution in [0.3, 0.4) is 0 Å². The summed E-state index contributed by atoms with van der Waals surface area (Å²) in [5, 5.41) is 7.54. The largest absolute Gasteiger partial charge is 0.383 e. The van der Waals surface area contributed by atoms with Crippen molar-refractivity contribution in [1.82, 2.24) is 28.7 Å². The molecule has 11 nitrogen and oxygen atoms in total. The van der Waals surface area contributed by atoms with E-state index in [-0.39, 0.29) is 30.8 Å². The number of halogens is 1. The first-order chi connectivity index (χ1) is 17.5. The van der Waals surface area contributed by atoms with Crippen molar-refractivity contribution in [3.05, 3.63) is 46.9 Å². The quantitative estimate of drug-likeness (QED) is 0.418. The molecule has 1 saturated carbocycles. The highest BCUT2D eigenvalue weighted by Crippen LogP contribution is 2.44. The summed E-state index contributed by atoms with van der Waals surface area (Å²) >= 11 is 0. The van der Waals surface area contributed by atoms with E-state index >= 15 is 0 Å². The number of nitrogens with one attached hydrogen (secondary N) is 1. The number of imidazole rings is 2. The van der Waals surface area contributed by atoms with E-state index in [1.165, 1.54) is 28.6 Å². The minimum Gasteiger partial charge on any atom is -0.383 e. The van der Waals surface area contributed by atoms with Crippen molar-refractivity contribution in [2.24, 2.45) is 12.7 Å². The molecule has 0 saturated heterocycles. The van der Waals surface area contributed by atoms with Crippen LogP contribution in [0.5, 0.6) is 0 Å². The van der Waals surface area contributed by atoms with Crippen LogP contribution < -0.4 is 16.7 Å². The smallest absolute Gasteiger partial charge is 0.329 e. The minimum absolute atomic E-state index is 0.0589. The summed E-state index contributed by atoms with van der Waals surface area (Å²) in [5.41, 5.74) is 4.75. The van der Waals surface area contributed by atoms with E-state index in [2.05, 4.69) is 20.4 Å². The summed E-state index contributed by atoms with van der Waals surface area (Å²) in [6.45, 7) is -0.770. The summed E-state index contributed by atoms with van der Waals surface area (Å²) in [4.78, 5) is 33.8. The lowest BCUT2D eigenvalue weighted by Crippen LogP contribution is -2.53. The van der Waals surface area contributed by atoms with Gasteiger partial charge >= 0.3 is 5.69 Å². The number of amides is 1. The molecule has 178 valence electrons. The summed E-state index contributed by atoms with van der Waals surface area (Å²) < 4.78 is 45.9. The Morgan fingerprint density at radius 1 is 1.35 bits per heavy atom. The number of primary amides is 1. The lowest BCUT2D eigenvalue weighted by Gasteiger charge is -2.39. The number of methoxy groups -OCH3 is 1. The molecule has 1 amide bonds. The van der Waals surface area contributed by atoms with Crippen LogP contribution in [-0.4, -0.2) is 54.5 Å². The van der Waals surface area contributed by atoms with Gasteiger partial charge in [-0.25, -0.2) is 23.7 Å². The highest BCUT2D eigenvalue weighted by molar-refractivity contribution is 5.87. The number of alkyl halides is 1. The predicted molar refractivity (Wildman–Crippen MR) is 123 cm³/mol. The highest BCUT2D eigenvalue weighted by atomic mass is 19.1. The number of rotatable bonds is 7. The van der Waals surface area contributed by atoms with Crippen LogP contribution in [0, 0.1) is 0 Å². The standard InChI is InChI=1S/C22H25FN8O3/c1-12(11-34-3)30-15-6-18(25-10-16(15)29(2)21(30)33)27-17-5-4-14-9-26-20(31(14)28-17)22(19(24)32)7-13(23)8-22/h4-6,9-10,12-13H,7-8,11H2,1-3H3,(H2,24,32)(H,25,27,28)/i2D3. The van der Waals surface area contributed by atoms with Gasteiger partial charge in [0.2, 0.25) is 5.91 Å². The number of fused-ring (bicyclic) bond motifs is 2. The van der Waals surface area contributed by atoms with Gasteiger partial charge < -0.3 is 15.8 Å². The van der Waals surface area contributed by atoms with Gasteiger partial charge in [0.25, 0.3) is 0 Å². The van der Waals surface area contributed by atoms with Gasteiger partial charge in [-0.3, -0.25) is 13.9 Å². The van der Waals surface area contributed by atoms with Crippen molar-refractivity contribution in [3.63, 3.8) is 0 Å². The Labute approximate surface area is 197 Å². The molecule has 0 aromatic carbocycles. The third kappa shape index (κ3) is 3.24. The number of carbonyl (C=O) groups excluding carboxylic acids is 1. The number of carbonyl (C=O) groups is 1. The fraction of sp³-hybridized carbons (Fsp3) is 0.409. The molecule has 12 heteroatoms. The number of nitrogens with zero attached hydrogens (tertiary/aromatic N) is 6. The van der Waals surface area contributed by atoms with Gasteiger partial charge in [0.05, 0.1) is 41.6 Å². The molecule has 1 aliphatic carbocycles. The third-order valence-electron chi connectivity index (χ3n) is 6.29. The number of nitrogens with two attached hydrogens (primary N) is 1. The number of anilines is 2. The molecule has 5 rings (SSSR count). The van der Waals surface area contributed by atoms with Gasteiger partial charge in [0.15, 0.2) is 5.82 Å². The number of pyridine rings is 1. The van der Waals surface area contributed by atoms with Crippen LogP contribution in [0.2, 0.25) is 0 Å². The lowest BCUT2D eigenvalue weighted by atomic mass is 9.66.